The van der Waals surface area contributed by atoms with Crippen LogP contribution in [-0.4, -0.2) is 22.0 Å². The van der Waals surface area contributed by atoms with E-state index in [0.29, 0.717) is 6.61 Å². The molecule has 1 heterocycles. The van der Waals surface area contributed by atoms with E-state index < -0.39 is 15.8 Å². The molecule has 0 aromatic heterocycles. The largest absolute Gasteiger partial charge is 1.00 e. The van der Waals surface area contributed by atoms with E-state index >= 15 is 0 Å². The van der Waals surface area contributed by atoms with Gasteiger partial charge in [-0.25, -0.2) is 0 Å². The van der Waals surface area contributed by atoms with Gasteiger partial charge in [0.25, 0.3) is 0 Å². The molecule has 0 N–H and O–H groups in total. The normalized spacial score (nSPS) is 17.0. The number of hydrogen-bond donors (Lipinski definition) is 0. The molecular weight excluding hydrogens is 311 g/mol. The smallest absolute Gasteiger partial charge is 0.772 e. The zero-order chi connectivity index (χ0) is 14.7. The summed E-state index contributed by atoms with van der Waals surface area (Å²) in [7, 11) is 0. The summed E-state index contributed by atoms with van der Waals surface area (Å²) in [5.41, 5.74) is 1.83. The van der Waals surface area contributed by atoms with Crippen LogP contribution in [0.1, 0.15) is 11.1 Å². The van der Waals surface area contributed by atoms with Crippen molar-refractivity contribution in [3.05, 3.63) is 65.7 Å². The number of benzene rings is 2. The fourth-order valence-electron chi connectivity index (χ4n) is 2.24. The molecule has 1 atom stereocenters. The van der Waals surface area contributed by atoms with E-state index in [-0.39, 0.29) is 42.8 Å². The van der Waals surface area contributed by atoms with E-state index in [1.165, 1.54) is 0 Å². The summed E-state index contributed by atoms with van der Waals surface area (Å²) in [6.07, 6.45) is 0. The fourth-order valence-corrected chi connectivity index (χ4v) is 2.93. The molecule has 0 saturated carbocycles. The minimum absolute atomic E-state index is 0. The van der Waals surface area contributed by atoms with Crippen molar-refractivity contribution in [2.24, 2.45) is 0 Å². The number of hydrogen-bond acceptors (Lipinski definition) is 4. The quantitative estimate of drug-likeness (QED) is 0.542. The van der Waals surface area contributed by atoms with Crippen LogP contribution >= 0.6 is 0 Å². The third kappa shape index (κ3) is 3.62. The fraction of sp³-hybridized carbons (Fsp3) is 0.250. The molecule has 1 aliphatic heterocycles. The Hall–Kier alpha value is -0.690. The Kier molecular flexibility index (Phi) is 6.20. The maximum atomic E-state index is 11.4. The zero-order valence-corrected chi connectivity index (χ0v) is 15.2. The Morgan fingerprint density at radius 3 is 2.23 bits per heavy atom. The second-order valence-electron chi connectivity index (χ2n) is 5.02. The first-order valence-electron chi connectivity index (χ1n) is 6.65. The molecule has 2 aromatic rings. The molecule has 1 fully saturated rings. The van der Waals surface area contributed by atoms with Crippen molar-refractivity contribution in [3.63, 3.8) is 0 Å². The summed E-state index contributed by atoms with van der Waals surface area (Å²) >= 11 is -2.19. The van der Waals surface area contributed by atoms with Gasteiger partial charge in [0, 0.05) is 0 Å². The van der Waals surface area contributed by atoms with Gasteiger partial charge in [-0.05, 0) is 34.3 Å². The summed E-state index contributed by atoms with van der Waals surface area (Å²) in [5, 5.41) is 0. The van der Waals surface area contributed by atoms with Crippen molar-refractivity contribution in [2.45, 2.75) is 11.4 Å². The summed E-state index contributed by atoms with van der Waals surface area (Å²) in [5.74, 6) is 0.717. The van der Waals surface area contributed by atoms with Crippen molar-refractivity contribution in [1.82, 2.24) is 0 Å². The van der Waals surface area contributed by atoms with Gasteiger partial charge in [-0.1, -0.05) is 42.5 Å². The Labute approximate surface area is 154 Å². The number of ether oxygens (including phenoxy) is 2. The molecule has 0 bridgehead atoms. The molecule has 6 heteroatoms. The topological polar surface area (TPSA) is 58.6 Å². The average molecular weight is 326 g/mol. The van der Waals surface area contributed by atoms with Gasteiger partial charge in [0.15, 0.2) is 0 Å². The van der Waals surface area contributed by atoms with Gasteiger partial charge >= 0.3 is 29.6 Å². The Bertz CT molecular complexity index is 626. The van der Waals surface area contributed by atoms with E-state index in [0.717, 1.165) is 16.9 Å². The third-order valence-electron chi connectivity index (χ3n) is 3.62. The maximum Gasteiger partial charge on any atom is 1.00 e. The molecule has 2 aromatic carbocycles. The van der Waals surface area contributed by atoms with Gasteiger partial charge in [0.2, 0.25) is 0 Å². The van der Waals surface area contributed by atoms with Crippen molar-refractivity contribution < 1.29 is 47.8 Å². The third-order valence-corrected chi connectivity index (χ3v) is 4.73. The van der Waals surface area contributed by atoms with E-state index in [4.69, 9.17) is 9.47 Å². The molecule has 1 aliphatic rings. The maximum absolute atomic E-state index is 11.4. The van der Waals surface area contributed by atoms with Crippen LogP contribution < -0.4 is 34.3 Å². The standard InChI is InChI=1S/C16H16O4S.Na/c17-21(18)16(11-19-12-16)14-6-8-15(9-7-14)20-10-13-4-2-1-3-5-13;/h1-9H,10-12H2,(H,17,18);/q;+1/p-1. The second-order valence-corrected chi connectivity index (χ2v) is 6.27. The molecule has 3 rings (SSSR count). The molecular formula is C16H15NaO4S. The molecule has 0 amide bonds. The van der Waals surface area contributed by atoms with Crippen molar-refractivity contribution in [2.75, 3.05) is 13.2 Å². The van der Waals surface area contributed by atoms with Gasteiger partial charge in [-0.2, -0.15) is 0 Å². The van der Waals surface area contributed by atoms with E-state index in [1.54, 1.807) is 24.3 Å². The minimum atomic E-state index is -2.19. The minimum Gasteiger partial charge on any atom is -0.772 e. The number of rotatable bonds is 5. The molecule has 1 unspecified atom stereocenters. The van der Waals surface area contributed by atoms with Crippen LogP contribution in [0.4, 0.5) is 0 Å². The van der Waals surface area contributed by atoms with Crippen LogP contribution in [-0.2, 0) is 27.2 Å². The summed E-state index contributed by atoms with van der Waals surface area (Å²) in [6, 6.07) is 17.1. The summed E-state index contributed by atoms with van der Waals surface area (Å²) < 4.78 is 32.6. The van der Waals surface area contributed by atoms with E-state index in [2.05, 4.69) is 0 Å². The van der Waals surface area contributed by atoms with Crippen molar-refractivity contribution >= 4 is 11.1 Å². The van der Waals surface area contributed by atoms with E-state index in [9.17, 15) is 8.76 Å². The summed E-state index contributed by atoms with van der Waals surface area (Å²) in [6.45, 7) is 0.919. The Balaban J connectivity index is 0.00000176. The average Bonchev–Trinajstić information content (AvgIpc) is 2.46. The van der Waals surface area contributed by atoms with Crippen LogP contribution in [0.15, 0.2) is 54.6 Å². The van der Waals surface area contributed by atoms with E-state index in [1.807, 2.05) is 30.3 Å². The van der Waals surface area contributed by atoms with Gasteiger partial charge in [-0.15, -0.1) is 0 Å². The SMILES string of the molecule is O=S([O-])C1(c2ccc(OCc3ccccc3)cc2)COC1.[Na+]. The monoisotopic (exact) mass is 326 g/mol. The van der Waals surface area contributed by atoms with Crippen LogP contribution in [0.2, 0.25) is 0 Å². The van der Waals surface area contributed by atoms with Crippen molar-refractivity contribution in [1.29, 1.82) is 0 Å². The van der Waals surface area contributed by atoms with Crippen molar-refractivity contribution in [3.8, 4) is 5.75 Å². The van der Waals surface area contributed by atoms with Gasteiger partial charge in [0.1, 0.15) is 17.1 Å². The van der Waals surface area contributed by atoms with Crippen LogP contribution in [0.25, 0.3) is 0 Å². The first kappa shape index (κ1) is 17.7. The van der Waals surface area contributed by atoms with Crippen LogP contribution in [0.5, 0.6) is 5.75 Å². The Morgan fingerprint density at radius 2 is 1.73 bits per heavy atom. The molecule has 0 aliphatic carbocycles. The van der Waals surface area contributed by atoms with Gasteiger partial charge < -0.3 is 14.0 Å². The molecule has 110 valence electrons. The van der Waals surface area contributed by atoms with Crippen LogP contribution in [0, 0.1) is 0 Å². The molecule has 0 radical (unpaired) electrons. The van der Waals surface area contributed by atoms with Gasteiger partial charge in [0.05, 0.1) is 13.2 Å². The second kappa shape index (κ2) is 7.73. The molecule has 22 heavy (non-hydrogen) atoms. The Morgan fingerprint density at radius 1 is 1.09 bits per heavy atom. The first-order valence-corrected chi connectivity index (χ1v) is 7.73. The molecule has 0 spiro atoms. The van der Waals surface area contributed by atoms with Crippen LogP contribution in [0.3, 0.4) is 0 Å². The first-order chi connectivity index (χ1) is 10.2. The predicted molar refractivity (Wildman–Crippen MR) is 78.6 cm³/mol. The predicted octanol–water partition coefficient (Wildman–Crippen LogP) is -0.626. The molecule has 4 nitrogen and oxygen atoms in total. The molecule has 1 saturated heterocycles. The van der Waals surface area contributed by atoms with Gasteiger partial charge in [-0.3, -0.25) is 4.21 Å². The summed E-state index contributed by atoms with van der Waals surface area (Å²) in [4.78, 5) is 0. The zero-order valence-electron chi connectivity index (χ0n) is 12.4.